The van der Waals surface area contributed by atoms with Crippen LogP contribution in [0.5, 0.6) is 0 Å². The first-order chi connectivity index (χ1) is 9.72. The van der Waals surface area contributed by atoms with Crippen LogP contribution in [0.4, 0.5) is 0 Å². The van der Waals surface area contributed by atoms with Gasteiger partial charge in [0.05, 0.1) is 0 Å². The smallest absolute Gasteiger partial charge is 0.0231 e. The van der Waals surface area contributed by atoms with Gasteiger partial charge in [0.2, 0.25) is 0 Å². The molecule has 110 valence electrons. The Labute approximate surface area is 123 Å². The van der Waals surface area contributed by atoms with E-state index in [9.17, 15) is 0 Å². The Bertz CT molecular complexity index is 423. The predicted molar refractivity (Wildman–Crippen MR) is 84.8 cm³/mol. The molecule has 0 atom stereocenters. The van der Waals surface area contributed by atoms with Crippen molar-refractivity contribution in [3.63, 3.8) is 0 Å². The van der Waals surface area contributed by atoms with Crippen LogP contribution in [-0.2, 0) is 6.54 Å². The molecule has 20 heavy (non-hydrogen) atoms. The zero-order valence-electron chi connectivity index (χ0n) is 12.9. The van der Waals surface area contributed by atoms with Gasteiger partial charge in [-0.15, -0.1) is 0 Å². The van der Waals surface area contributed by atoms with Crippen LogP contribution >= 0.6 is 0 Å². The van der Waals surface area contributed by atoms with Gasteiger partial charge in [-0.25, -0.2) is 0 Å². The van der Waals surface area contributed by atoms with Gasteiger partial charge >= 0.3 is 0 Å². The van der Waals surface area contributed by atoms with Gasteiger partial charge in [0.15, 0.2) is 0 Å². The highest BCUT2D eigenvalue weighted by atomic mass is 15.1. The van der Waals surface area contributed by atoms with Crippen LogP contribution in [0.25, 0.3) is 0 Å². The highest BCUT2D eigenvalue weighted by Crippen LogP contribution is 2.44. The van der Waals surface area contributed by atoms with E-state index in [0.717, 1.165) is 37.5 Å². The standard InChI is InChI=1S/C18H28N2/c1-14-4-3-5-15(12-14)13-20(2)11-10-19-18(16-6-7-16)17-8-9-17/h3-5,12,16-19H,6-11,13H2,1-2H3. The van der Waals surface area contributed by atoms with E-state index < -0.39 is 0 Å². The maximum atomic E-state index is 3.83. The summed E-state index contributed by atoms with van der Waals surface area (Å²) in [4.78, 5) is 2.43. The molecule has 2 heteroatoms. The van der Waals surface area contributed by atoms with Gasteiger partial charge in [-0.05, 0) is 57.1 Å². The molecule has 2 aliphatic carbocycles. The maximum absolute atomic E-state index is 3.83. The molecule has 2 saturated carbocycles. The second-order valence-corrected chi connectivity index (χ2v) is 6.88. The van der Waals surface area contributed by atoms with E-state index in [-0.39, 0.29) is 0 Å². The summed E-state index contributed by atoms with van der Waals surface area (Å²) in [6, 6.07) is 9.69. The van der Waals surface area contributed by atoms with Gasteiger partial charge in [0, 0.05) is 25.7 Å². The number of nitrogens with one attached hydrogen (secondary N) is 1. The highest BCUT2D eigenvalue weighted by molar-refractivity contribution is 5.21. The summed E-state index contributed by atoms with van der Waals surface area (Å²) in [5.41, 5.74) is 2.78. The maximum Gasteiger partial charge on any atom is 0.0231 e. The number of nitrogens with zero attached hydrogens (tertiary/aromatic N) is 1. The largest absolute Gasteiger partial charge is 0.312 e. The van der Waals surface area contributed by atoms with Crippen molar-refractivity contribution < 1.29 is 0 Å². The molecule has 1 aromatic rings. The molecule has 0 saturated heterocycles. The molecule has 0 heterocycles. The molecule has 3 rings (SSSR count). The molecule has 0 amide bonds. The van der Waals surface area contributed by atoms with Crippen LogP contribution in [-0.4, -0.2) is 31.1 Å². The van der Waals surface area contributed by atoms with E-state index in [4.69, 9.17) is 0 Å². The summed E-state index contributed by atoms with van der Waals surface area (Å²) in [7, 11) is 2.23. The SMILES string of the molecule is Cc1cccc(CN(C)CCNC(C2CC2)C2CC2)c1. The van der Waals surface area contributed by atoms with Crippen LogP contribution in [0.1, 0.15) is 36.8 Å². The molecule has 0 unspecified atom stereocenters. The first kappa shape index (κ1) is 14.1. The quantitative estimate of drug-likeness (QED) is 0.782. The lowest BCUT2D eigenvalue weighted by Gasteiger charge is -2.21. The Morgan fingerprint density at radius 1 is 1.20 bits per heavy atom. The first-order valence-electron chi connectivity index (χ1n) is 8.20. The lowest BCUT2D eigenvalue weighted by atomic mass is 10.1. The van der Waals surface area contributed by atoms with Crippen molar-refractivity contribution in [1.82, 2.24) is 10.2 Å². The Hall–Kier alpha value is -0.860. The fourth-order valence-corrected chi connectivity index (χ4v) is 3.25. The Balaban J connectivity index is 1.39. The number of hydrogen-bond acceptors (Lipinski definition) is 2. The molecule has 1 N–H and O–H groups in total. The van der Waals surface area contributed by atoms with Crippen LogP contribution < -0.4 is 5.32 Å². The third-order valence-electron chi connectivity index (χ3n) is 4.67. The number of rotatable bonds is 8. The highest BCUT2D eigenvalue weighted by Gasteiger charge is 2.40. The molecule has 0 aromatic heterocycles. The Morgan fingerprint density at radius 2 is 1.90 bits per heavy atom. The molecule has 0 spiro atoms. The minimum atomic E-state index is 0.836. The van der Waals surface area contributed by atoms with Crippen LogP contribution in [0.2, 0.25) is 0 Å². The third kappa shape index (κ3) is 4.07. The summed E-state index contributed by atoms with van der Waals surface area (Å²) in [5.74, 6) is 2.01. The molecule has 0 radical (unpaired) electrons. The molecule has 2 nitrogen and oxygen atoms in total. The van der Waals surface area contributed by atoms with Gasteiger partial charge < -0.3 is 10.2 Å². The average Bonchev–Trinajstić information content (AvgIpc) is 3.27. The number of likely N-dealkylation sites (N-methyl/N-ethyl adjacent to an activating group) is 1. The molecular weight excluding hydrogens is 244 g/mol. The predicted octanol–water partition coefficient (Wildman–Crippen LogP) is 3.21. The molecule has 0 bridgehead atoms. The van der Waals surface area contributed by atoms with Crippen molar-refractivity contribution in [3.8, 4) is 0 Å². The van der Waals surface area contributed by atoms with E-state index in [1.54, 1.807) is 0 Å². The minimum Gasteiger partial charge on any atom is -0.312 e. The molecule has 1 aromatic carbocycles. The van der Waals surface area contributed by atoms with E-state index >= 15 is 0 Å². The molecule has 0 aliphatic heterocycles. The second-order valence-electron chi connectivity index (χ2n) is 6.88. The van der Waals surface area contributed by atoms with Crippen molar-refractivity contribution in [1.29, 1.82) is 0 Å². The van der Waals surface area contributed by atoms with Gasteiger partial charge in [0.25, 0.3) is 0 Å². The lowest BCUT2D eigenvalue weighted by molar-refractivity contribution is 0.305. The average molecular weight is 272 g/mol. The Kier molecular flexibility index (Phi) is 4.42. The summed E-state index contributed by atoms with van der Waals surface area (Å²) >= 11 is 0. The van der Waals surface area contributed by atoms with Crippen molar-refractivity contribution in [2.24, 2.45) is 11.8 Å². The van der Waals surface area contributed by atoms with Gasteiger partial charge in [-0.1, -0.05) is 29.8 Å². The fraction of sp³-hybridized carbons (Fsp3) is 0.667. The van der Waals surface area contributed by atoms with E-state index in [0.29, 0.717) is 0 Å². The number of hydrogen-bond donors (Lipinski definition) is 1. The summed E-state index contributed by atoms with van der Waals surface area (Å²) in [6.45, 7) is 5.51. The van der Waals surface area contributed by atoms with Crippen molar-refractivity contribution >= 4 is 0 Å². The van der Waals surface area contributed by atoms with E-state index in [1.807, 2.05) is 0 Å². The lowest BCUT2D eigenvalue weighted by Crippen LogP contribution is -2.38. The van der Waals surface area contributed by atoms with Gasteiger partial charge in [-0.3, -0.25) is 0 Å². The second kappa shape index (κ2) is 6.28. The van der Waals surface area contributed by atoms with E-state index in [1.165, 1.54) is 36.8 Å². The molecular formula is C18H28N2. The van der Waals surface area contributed by atoms with Gasteiger partial charge in [0.1, 0.15) is 0 Å². The summed E-state index contributed by atoms with van der Waals surface area (Å²) in [6.07, 6.45) is 5.86. The molecule has 2 fully saturated rings. The zero-order valence-corrected chi connectivity index (χ0v) is 12.9. The minimum absolute atomic E-state index is 0.836. The normalized spacial score (nSPS) is 19.0. The van der Waals surface area contributed by atoms with Crippen LogP contribution in [0.3, 0.4) is 0 Å². The fourth-order valence-electron chi connectivity index (χ4n) is 3.25. The summed E-state index contributed by atoms with van der Waals surface area (Å²) < 4.78 is 0. The van der Waals surface area contributed by atoms with Crippen LogP contribution in [0.15, 0.2) is 24.3 Å². The van der Waals surface area contributed by atoms with Crippen molar-refractivity contribution in [3.05, 3.63) is 35.4 Å². The van der Waals surface area contributed by atoms with Crippen molar-refractivity contribution in [2.75, 3.05) is 20.1 Å². The van der Waals surface area contributed by atoms with Gasteiger partial charge in [-0.2, -0.15) is 0 Å². The monoisotopic (exact) mass is 272 g/mol. The van der Waals surface area contributed by atoms with Crippen LogP contribution in [0, 0.1) is 18.8 Å². The van der Waals surface area contributed by atoms with Crippen molar-refractivity contribution in [2.45, 2.75) is 45.2 Å². The Morgan fingerprint density at radius 3 is 2.50 bits per heavy atom. The first-order valence-corrected chi connectivity index (χ1v) is 8.20. The topological polar surface area (TPSA) is 15.3 Å². The van der Waals surface area contributed by atoms with E-state index in [2.05, 4.69) is 48.5 Å². The number of benzene rings is 1. The number of aryl methyl sites for hydroxylation is 1. The third-order valence-corrected chi connectivity index (χ3v) is 4.67. The summed E-state index contributed by atoms with van der Waals surface area (Å²) in [5, 5.41) is 3.83. The zero-order chi connectivity index (χ0) is 13.9. The molecule has 2 aliphatic rings.